The lowest BCUT2D eigenvalue weighted by molar-refractivity contribution is -0.141. The minimum atomic E-state index is -3.60. The molecule has 0 aliphatic heterocycles. The standard InChI is InChI=1S/C33H42BrN3O5S/c1-5-42-30-19-17-29(18-20-30)37(43(4,40)41)21-9-12-32(38)36(24-27-13-15-28(34)16-14-27)31(33(39)35-23-25(2)3)22-26-10-7-6-8-11-26/h6-8,10-11,13-20,25,31H,5,9,12,21-24H2,1-4H3,(H,35,39). The summed E-state index contributed by atoms with van der Waals surface area (Å²) in [6.45, 7) is 7.29. The number of benzene rings is 3. The molecule has 232 valence electrons. The van der Waals surface area contributed by atoms with E-state index in [9.17, 15) is 18.0 Å². The van der Waals surface area contributed by atoms with E-state index in [0.717, 1.165) is 21.9 Å². The summed E-state index contributed by atoms with van der Waals surface area (Å²) in [6.07, 6.45) is 1.86. The molecule has 0 saturated carbocycles. The fourth-order valence-electron chi connectivity index (χ4n) is 4.64. The third-order valence-electron chi connectivity index (χ3n) is 6.81. The van der Waals surface area contributed by atoms with E-state index in [-0.39, 0.29) is 43.7 Å². The number of halogens is 1. The SMILES string of the molecule is CCOc1ccc(N(CCCC(=O)N(Cc2ccc(Br)cc2)C(Cc2ccccc2)C(=O)NCC(C)C)S(C)(=O)=O)cc1. The molecule has 0 heterocycles. The van der Waals surface area contributed by atoms with Crippen LogP contribution in [0.15, 0.2) is 83.3 Å². The van der Waals surface area contributed by atoms with E-state index in [1.165, 1.54) is 4.31 Å². The van der Waals surface area contributed by atoms with E-state index >= 15 is 0 Å². The second-order valence-electron chi connectivity index (χ2n) is 10.9. The predicted molar refractivity (Wildman–Crippen MR) is 176 cm³/mol. The number of rotatable bonds is 16. The average Bonchev–Trinajstić information content (AvgIpc) is 2.97. The van der Waals surface area contributed by atoms with Crippen molar-refractivity contribution in [3.8, 4) is 5.75 Å². The number of carbonyl (C=O) groups excluding carboxylic acids is 2. The molecule has 1 unspecified atom stereocenters. The molecule has 0 fully saturated rings. The summed E-state index contributed by atoms with van der Waals surface area (Å²) in [5.41, 5.74) is 2.33. The van der Waals surface area contributed by atoms with Crippen molar-refractivity contribution in [2.24, 2.45) is 5.92 Å². The molecule has 0 aromatic heterocycles. The normalized spacial score (nSPS) is 12.0. The Hall–Kier alpha value is -3.37. The molecule has 3 rings (SSSR count). The zero-order chi connectivity index (χ0) is 31.4. The predicted octanol–water partition coefficient (Wildman–Crippen LogP) is 5.81. The van der Waals surface area contributed by atoms with Crippen LogP contribution in [-0.2, 0) is 32.6 Å². The quantitative estimate of drug-likeness (QED) is 0.208. The highest BCUT2D eigenvalue weighted by molar-refractivity contribution is 9.10. The molecule has 0 bridgehead atoms. The topological polar surface area (TPSA) is 96.0 Å². The molecule has 0 spiro atoms. The number of carbonyl (C=O) groups is 2. The first kappa shape index (κ1) is 34.1. The van der Waals surface area contributed by atoms with Crippen LogP contribution in [0.3, 0.4) is 0 Å². The first-order chi connectivity index (χ1) is 20.5. The number of hydrogen-bond acceptors (Lipinski definition) is 5. The number of nitrogens with zero attached hydrogens (tertiary/aromatic N) is 2. The van der Waals surface area contributed by atoms with Crippen molar-refractivity contribution < 1.29 is 22.7 Å². The van der Waals surface area contributed by atoms with Crippen LogP contribution in [0.5, 0.6) is 5.75 Å². The molecular weight excluding hydrogens is 630 g/mol. The lowest BCUT2D eigenvalue weighted by Crippen LogP contribution is -2.51. The van der Waals surface area contributed by atoms with E-state index in [2.05, 4.69) is 21.2 Å². The highest BCUT2D eigenvalue weighted by Crippen LogP contribution is 2.23. The lowest BCUT2D eigenvalue weighted by atomic mass is 10.0. The number of hydrogen-bond donors (Lipinski definition) is 1. The van der Waals surface area contributed by atoms with Gasteiger partial charge in [0, 0.05) is 36.9 Å². The van der Waals surface area contributed by atoms with Gasteiger partial charge in [-0.25, -0.2) is 8.42 Å². The molecular formula is C33H42BrN3O5S. The van der Waals surface area contributed by atoms with Gasteiger partial charge in [0.1, 0.15) is 11.8 Å². The Labute approximate surface area is 264 Å². The lowest BCUT2D eigenvalue weighted by Gasteiger charge is -2.32. The van der Waals surface area contributed by atoms with Crippen molar-refractivity contribution in [1.82, 2.24) is 10.2 Å². The second-order valence-corrected chi connectivity index (χ2v) is 13.7. The smallest absolute Gasteiger partial charge is 0.243 e. The summed E-state index contributed by atoms with van der Waals surface area (Å²) < 4.78 is 33.1. The fourth-order valence-corrected chi connectivity index (χ4v) is 5.87. The van der Waals surface area contributed by atoms with E-state index < -0.39 is 16.1 Å². The van der Waals surface area contributed by atoms with Crippen LogP contribution in [0.2, 0.25) is 0 Å². The Balaban J connectivity index is 1.85. The van der Waals surface area contributed by atoms with Gasteiger partial charge in [0.15, 0.2) is 0 Å². The zero-order valence-corrected chi connectivity index (χ0v) is 27.7. The van der Waals surface area contributed by atoms with E-state index in [4.69, 9.17) is 4.74 Å². The first-order valence-electron chi connectivity index (χ1n) is 14.5. The fraction of sp³-hybridized carbons (Fsp3) is 0.394. The third-order valence-corrected chi connectivity index (χ3v) is 8.53. The highest BCUT2D eigenvalue weighted by atomic mass is 79.9. The van der Waals surface area contributed by atoms with Gasteiger partial charge in [-0.15, -0.1) is 0 Å². The second kappa shape index (κ2) is 16.5. The van der Waals surface area contributed by atoms with Gasteiger partial charge in [-0.05, 0) is 66.8 Å². The third kappa shape index (κ3) is 11.0. The van der Waals surface area contributed by atoms with Crippen LogP contribution in [-0.4, -0.2) is 57.1 Å². The molecule has 0 aliphatic rings. The summed E-state index contributed by atoms with van der Waals surface area (Å²) in [4.78, 5) is 29.2. The van der Waals surface area contributed by atoms with Gasteiger partial charge in [0.25, 0.3) is 0 Å². The Morgan fingerprint density at radius 1 is 0.930 bits per heavy atom. The first-order valence-corrected chi connectivity index (χ1v) is 17.2. The number of nitrogens with one attached hydrogen (secondary N) is 1. The Morgan fingerprint density at radius 3 is 2.16 bits per heavy atom. The molecule has 2 amide bonds. The van der Waals surface area contributed by atoms with Crippen molar-refractivity contribution in [2.75, 3.05) is 30.3 Å². The van der Waals surface area contributed by atoms with Crippen molar-refractivity contribution in [3.63, 3.8) is 0 Å². The van der Waals surface area contributed by atoms with Gasteiger partial charge in [-0.2, -0.15) is 0 Å². The molecule has 0 radical (unpaired) electrons. The largest absolute Gasteiger partial charge is 0.494 e. The Morgan fingerprint density at radius 2 is 1.58 bits per heavy atom. The van der Waals surface area contributed by atoms with E-state index in [1.807, 2.05) is 75.4 Å². The van der Waals surface area contributed by atoms with Crippen LogP contribution in [0.1, 0.15) is 44.7 Å². The summed E-state index contributed by atoms with van der Waals surface area (Å²) in [7, 11) is -3.60. The Bertz CT molecular complexity index is 1420. The van der Waals surface area contributed by atoms with Crippen LogP contribution >= 0.6 is 15.9 Å². The van der Waals surface area contributed by atoms with E-state index in [0.29, 0.717) is 31.0 Å². The maximum atomic E-state index is 13.9. The van der Waals surface area contributed by atoms with Crippen LogP contribution in [0, 0.1) is 5.92 Å². The number of anilines is 1. The molecule has 0 saturated heterocycles. The van der Waals surface area contributed by atoms with E-state index in [1.54, 1.807) is 29.2 Å². The van der Waals surface area contributed by atoms with Crippen molar-refractivity contribution in [2.45, 2.75) is 52.6 Å². The number of ether oxygens (including phenoxy) is 1. The molecule has 3 aromatic rings. The molecule has 8 nitrogen and oxygen atoms in total. The Kier molecular flexibility index (Phi) is 13.1. The van der Waals surface area contributed by atoms with Gasteiger partial charge in [0.05, 0.1) is 18.6 Å². The van der Waals surface area contributed by atoms with Crippen LogP contribution in [0.4, 0.5) is 5.69 Å². The van der Waals surface area contributed by atoms with Gasteiger partial charge in [-0.1, -0.05) is 72.2 Å². The number of amides is 2. The molecule has 1 N–H and O–H groups in total. The average molecular weight is 673 g/mol. The monoisotopic (exact) mass is 671 g/mol. The van der Waals surface area contributed by atoms with Gasteiger partial charge in [-0.3, -0.25) is 13.9 Å². The van der Waals surface area contributed by atoms with Crippen LogP contribution < -0.4 is 14.4 Å². The molecule has 3 aromatic carbocycles. The van der Waals surface area contributed by atoms with Crippen molar-refractivity contribution in [3.05, 3.63) is 94.5 Å². The minimum absolute atomic E-state index is 0.0718. The number of sulfonamides is 1. The van der Waals surface area contributed by atoms with Gasteiger partial charge in [0.2, 0.25) is 21.8 Å². The molecule has 1 atom stereocenters. The summed E-state index contributed by atoms with van der Waals surface area (Å²) in [5, 5.41) is 3.02. The summed E-state index contributed by atoms with van der Waals surface area (Å²) >= 11 is 3.46. The molecule has 0 aliphatic carbocycles. The molecule has 10 heteroatoms. The van der Waals surface area contributed by atoms with Crippen molar-refractivity contribution >= 4 is 43.5 Å². The summed E-state index contributed by atoms with van der Waals surface area (Å²) in [5.74, 6) is 0.471. The van der Waals surface area contributed by atoms with Crippen LogP contribution in [0.25, 0.3) is 0 Å². The zero-order valence-electron chi connectivity index (χ0n) is 25.3. The molecule has 43 heavy (non-hydrogen) atoms. The maximum absolute atomic E-state index is 13.9. The van der Waals surface area contributed by atoms with Crippen molar-refractivity contribution in [1.29, 1.82) is 0 Å². The minimum Gasteiger partial charge on any atom is -0.494 e. The highest BCUT2D eigenvalue weighted by Gasteiger charge is 2.30. The summed E-state index contributed by atoms with van der Waals surface area (Å²) in [6, 6.07) is 23.4. The maximum Gasteiger partial charge on any atom is 0.243 e. The van der Waals surface area contributed by atoms with Gasteiger partial charge >= 0.3 is 0 Å². The van der Waals surface area contributed by atoms with Gasteiger partial charge < -0.3 is 15.0 Å².